The van der Waals surface area contributed by atoms with Gasteiger partial charge in [-0.25, -0.2) is 9.36 Å². The second-order valence-corrected chi connectivity index (χ2v) is 7.38. The number of nitrogens with zero attached hydrogens (tertiary/aromatic N) is 3. The molecule has 9 nitrogen and oxygen atoms in total. The molecule has 0 unspecified atom stereocenters. The molecule has 0 spiro atoms. The minimum absolute atomic E-state index is 0.0781. The van der Waals surface area contributed by atoms with Gasteiger partial charge in [-0.3, -0.25) is 9.59 Å². The number of aromatic nitrogens is 4. The molecule has 3 N–H and O–H groups in total. The molecule has 0 aromatic carbocycles. The van der Waals surface area contributed by atoms with Crippen molar-refractivity contribution in [1.82, 2.24) is 15.0 Å². The monoisotopic (exact) mass is 373 g/mol. The quantitative estimate of drug-likeness (QED) is 0.630. The molecule has 0 aliphatic rings. The van der Waals surface area contributed by atoms with E-state index in [1.165, 1.54) is 12.4 Å². The van der Waals surface area contributed by atoms with Gasteiger partial charge in [0.25, 0.3) is 6.33 Å². The summed E-state index contributed by atoms with van der Waals surface area (Å²) in [5.74, 6) is -0.0578. The fraction of sp³-hybridized carbons (Fsp3) is 0.444. The zero-order valence-corrected chi connectivity index (χ0v) is 15.9. The zero-order chi connectivity index (χ0) is 20.0. The summed E-state index contributed by atoms with van der Waals surface area (Å²) in [7, 11) is 0. The summed E-state index contributed by atoms with van der Waals surface area (Å²) in [5, 5.41) is 5.51. The molecule has 27 heavy (non-hydrogen) atoms. The lowest BCUT2D eigenvalue weighted by atomic mass is 9.99. The van der Waals surface area contributed by atoms with E-state index in [9.17, 15) is 14.4 Å². The van der Waals surface area contributed by atoms with Crippen LogP contribution in [0.25, 0.3) is 0 Å². The van der Waals surface area contributed by atoms with Gasteiger partial charge in [-0.15, -0.1) is 0 Å². The first-order valence-corrected chi connectivity index (χ1v) is 8.67. The highest BCUT2D eigenvalue weighted by molar-refractivity contribution is 5.91. The van der Waals surface area contributed by atoms with Crippen LogP contribution in [0.15, 0.2) is 35.9 Å². The summed E-state index contributed by atoms with van der Waals surface area (Å²) in [6.45, 7) is 7.73. The Kier molecular flexibility index (Phi) is 6.38. The van der Waals surface area contributed by atoms with E-state index in [2.05, 4.69) is 25.6 Å². The van der Waals surface area contributed by atoms with Crippen molar-refractivity contribution in [3.05, 3.63) is 41.6 Å². The van der Waals surface area contributed by atoms with Crippen molar-refractivity contribution in [2.24, 2.45) is 5.92 Å². The van der Waals surface area contributed by atoms with Crippen molar-refractivity contribution >= 4 is 23.2 Å². The lowest BCUT2D eigenvalue weighted by Gasteiger charge is -2.22. The highest BCUT2D eigenvalue weighted by Gasteiger charge is 2.29. The van der Waals surface area contributed by atoms with Gasteiger partial charge in [0.1, 0.15) is 17.4 Å². The number of amides is 2. The van der Waals surface area contributed by atoms with Crippen LogP contribution in [0, 0.1) is 5.92 Å². The number of hydrogen-bond donors (Lipinski definition) is 3. The van der Waals surface area contributed by atoms with E-state index in [-0.39, 0.29) is 24.2 Å². The Morgan fingerprint density at radius 1 is 1.19 bits per heavy atom. The van der Waals surface area contributed by atoms with Gasteiger partial charge in [-0.1, -0.05) is 18.8 Å². The first-order valence-electron chi connectivity index (χ1n) is 8.67. The second-order valence-electron chi connectivity index (χ2n) is 7.38. The van der Waals surface area contributed by atoms with E-state index in [4.69, 9.17) is 0 Å². The molecule has 2 heterocycles. The SMILES string of the molecule is CC(C)CC(=O)Nc1cnc[n+](C(C)(C)CC(=O)Nc2cnc(=O)[nH]c2)c1. The third kappa shape index (κ3) is 6.28. The number of H-pyrrole nitrogens is 1. The van der Waals surface area contributed by atoms with Crippen molar-refractivity contribution in [2.75, 3.05) is 10.6 Å². The fourth-order valence-electron chi connectivity index (χ4n) is 2.48. The van der Waals surface area contributed by atoms with Gasteiger partial charge in [0.15, 0.2) is 6.20 Å². The third-order valence-electron chi connectivity index (χ3n) is 3.81. The topological polar surface area (TPSA) is 121 Å². The average molecular weight is 373 g/mol. The average Bonchev–Trinajstić information content (AvgIpc) is 2.56. The van der Waals surface area contributed by atoms with Crippen LogP contribution in [0.2, 0.25) is 0 Å². The zero-order valence-electron chi connectivity index (χ0n) is 15.9. The van der Waals surface area contributed by atoms with Crippen LogP contribution in [0.5, 0.6) is 0 Å². The summed E-state index contributed by atoms with van der Waals surface area (Å²) in [5.41, 5.74) is -0.0909. The largest absolute Gasteiger partial charge is 0.345 e. The molecule has 2 amide bonds. The minimum Gasteiger partial charge on any atom is -0.323 e. The van der Waals surface area contributed by atoms with E-state index >= 15 is 0 Å². The van der Waals surface area contributed by atoms with Gasteiger partial charge in [-0.05, 0) is 19.8 Å². The van der Waals surface area contributed by atoms with E-state index in [1.54, 1.807) is 23.3 Å². The summed E-state index contributed by atoms with van der Waals surface area (Å²) in [4.78, 5) is 45.4. The molecule has 0 aliphatic heterocycles. The van der Waals surface area contributed by atoms with Crippen molar-refractivity contribution in [2.45, 2.75) is 46.1 Å². The Balaban J connectivity index is 2.05. The van der Waals surface area contributed by atoms with Crippen LogP contribution in [0.4, 0.5) is 11.4 Å². The Labute approximate surface area is 157 Å². The number of hydrogen-bond acceptors (Lipinski definition) is 5. The van der Waals surface area contributed by atoms with Gasteiger partial charge < -0.3 is 15.6 Å². The molecule has 2 rings (SSSR count). The van der Waals surface area contributed by atoms with Crippen LogP contribution in [0.1, 0.15) is 40.5 Å². The van der Waals surface area contributed by atoms with Gasteiger partial charge in [0.2, 0.25) is 11.8 Å². The highest BCUT2D eigenvalue weighted by atomic mass is 16.2. The lowest BCUT2D eigenvalue weighted by Crippen LogP contribution is -2.54. The molecule has 0 bridgehead atoms. The molecule has 0 aliphatic carbocycles. The number of rotatable bonds is 7. The Morgan fingerprint density at radius 3 is 2.52 bits per heavy atom. The predicted octanol–water partition coefficient (Wildman–Crippen LogP) is 1.20. The summed E-state index contributed by atoms with van der Waals surface area (Å²) in [6.07, 6.45) is 8.18. The van der Waals surface area contributed by atoms with Crippen molar-refractivity contribution in [3.8, 4) is 0 Å². The molecule has 0 saturated heterocycles. The van der Waals surface area contributed by atoms with Gasteiger partial charge >= 0.3 is 5.69 Å². The molecule has 144 valence electrons. The first kappa shape index (κ1) is 20.2. The molecule has 0 fully saturated rings. The molecular weight excluding hydrogens is 348 g/mol. The van der Waals surface area contributed by atoms with Crippen molar-refractivity contribution in [3.63, 3.8) is 0 Å². The van der Waals surface area contributed by atoms with Gasteiger partial charge in [-0.2, -0.15) is 4.98 Å². The number of carbonyl (C=O) groups excluding carboxylic acids is 2. The van der Waals surface area contributed by atoms with E-state index < -0.39 is 11.2 Å². The molecule has 0 atom stereocenters. The number of nitrogens with one attached hydrogen (secondary N) is 3. The lowest BCUT2D eigenvalue weighted by molar-refractivity contribution is -0.758. The van der Waals surface area contributed by atoms with E-state index in [0.717, 1.165) is 0 Å². The van der Waals surface area contributed by atoms with E-state index in [0.29, 0.717) is 17.8 Å². The number of anilines is 2. The predicted molar refractivity (Wildman–Crippen MR) is 99.9 cm³/mol. The van der Waals surface area contributed by atoms with Crippen LogP contribution in [-0.4, -0.2) is 26.8 Å². The van der Waals surface area contributed by atoms with Crippen LogP contribution in [-0.2, 0) is 15.1 Å². The van der Waals surface area contributed by atoms with E-state index in [1.807, 2.05) is 27.7 Å². The molecule has 9 heteroatoms. The summed E-state index contributed by atoms with van der Waals surface area (Å²) in [6, 6.07) is 0. The third-order valence-corrected chi connectivity index (χ3v) is 3.81. The van der Waals surface area contributed by atoms with Crippen LogP contribution >= 0.6 is 0 Å². The fourth-order valence-corrected chi connectivity index (χ4v) is 2.48. The van der Waals surface area contributed by atoms with Gasteiger partial charge in [0, 0.05) is 12.6 Å². The van der Waals surface area contributed by atoms with Crippen molar-refractivity contribution in [1.29, 1.82) is 0 Å². The van der Waals surface area contributed by atoms with Crippen molar-refractivity contribution < 1.29 is 14.2 Å². The maximum Gasteiger partial charge on any atom is 0.345 e. The maximum absolute atomic E-state index is 12.3. The molecule has 2 aromatic heterocycles. The summed E-state index contributed by atoms with van der Waals surface area (Å²) >= 11 is 0. The second kappa shape index (κ2) is 8.52. The molecule has 0 radical (unpaired) electrons. The summed E-state index contributed by atoms with van der Waals surface area (Å²) < 4.78 is 1.78. The normalized spacial score (nSPS) is 11.3. The number of aromatic amines is 1. The molecule has 0 saturated carbocycles. The standard InChI is InChI=1S/C18H24N6O3/c1-12(2)5-15(25)23-14-7-19-11-24(10-14)18(3,4)6-16(26)22-13-8-20-17(27)21-9-13/h7-12H,5-6H2,1-4H3,(H2-,20,21,22,23,25,26,27)/p+1. The van der Waals surface area contributed by atoms with Gasteiger partial charge in [0.05, 0.1) is 18.3 Å². The molecular formula is C18H25N6O3+. The number of carbonyl (C=O) groups is 2. The Hall–Kier alpha value is -3.10. The minimum atomic E-state index is -0.592. The van der Waals surface area contributed by atoms with Crippen LogP contribution < -0.4 is 20.9 Å². The maximum atomic E-state index is 12.3. The molecule has 2 aromatic rings. The first-order chi connectivity index (χ1) is 12.7. The smallest absolute Gasteiger partial charge is 0.323 e. The highest BCUT2D eigenvalue weighted by Crippen LogP contribution is 2.15. The Bertz CT molecular complexity index is 855. The Morgan fingerprint density at radius 2 is 1.89 bits per heavy atom. The van der Waals surface area contributed by atoms with Crippen LogP contribution in [0.3, 0.4) is 0 Å².